The molecule has 2 heteroatoms. The molecule has 0 radical (unpaired) electrons. The molecule has 1 aromatic rings. The van der Waals surface area contributed by atoms with Crippen LogP contribution in [0.25, 0.3) is 0 Å². The Kier molecular flexibility index (Phi) is 2.81. The van der Waals surface area contributed by atoms with Crippen molar-refractivity contribution in [3.8, 4) is 18.1 Å². The smallest absolute Gasteiger partial charge is 0.148 e. The molecular formula is C11H13NO. The molecule has 0 spiro atoms. The van der Waals surface area contributed by atoms with Crippen LogP contribution in [-0.4, -0.2) is 6.61 Å². The van der Waals surface area contributed by atoms with Crippen LogP contribution in [0.2, 0.25) is 0 Å². The molecule has 1 aromatic carbocycles. The van der Waals surface area contributed by atoms with Crippen LogP contribution < -0.4 is 10.5 Å². The predicted octanol–water partition coefficient (Wildman–Crippen LogP) is 1.90. The van der Waals surface area contributed by atoms with E-state index in [4.69, 9.17) is 16.9 Å². The average Bonchev–Trinajstić information content (AvgIpc) is 2.12. The van der Waals surface area contributed by atoms with Crippen LogP contribution in [-0.2, 0) is 0 Å². The zero-order valence-electron chi connectivity index (χ0n) is 7.92. The van der Waals surface area contributed by atoms with E-state index in [0.717, 1.165) is 22.6 Å². The lowest BCUT2D eigenvalue weighted by atomic mass is 10.1. The molecule has 0 unspecified atom stereocenters. The van der Waals surface area contributed by atoms with Gasteiger partial charge in [0.05, 0.1) is 0 Å². The molecule has 1 rings (SSSR count). The Bertz CT molecular complexity index is 350. The number of rotatable bonds is 2. The lowest BCUT2D eigenvalue weighted by molar-refractivity contribution is 0.365. The maximum Gasteiger partial charge on any atom is 0.148 e. The highest BCUT2D eigenvalue weighted by Gasteiger charge is 2.05. The zero-order valence-corrected chi connectivity index (χ0v) is 7.92. The summed E-state index contributed by atoms with van der Waals surface area (Å²) in [4.78, 5) is 0. The summed E-state index contributed by atoms with van der Waals surface area (Å²) in [7, 11) is 0. The monoisotopic (exact) mass is 175 g/mol. The van der Waals surface area contributed by atoms with Gasteiger partial charge in [0.15, 0.2) is 0 Å². The van der Waals surface area contributed by atoms with Gasteiger partial charge in [-0.3, -0.25) is 0 Å². The third kappa shape index (κ3) is 1.94. The maximum atomic E-state index is 5.73. The number of aryl methyl sites for hydroxylation is 1. The maximum absolute atomic E-state index is 5.73. The molecule has 2 nitrogen and oxygen atoms in total. The van der Waals surface area contributed by atoms with Crippen molar-refractivity contribution in [2.24, 2.45) is 0 Å². The van der Waals surface area contributed by atoms with E-state index in [0.29, 0.717) is 0 Å². The first-order valence-corrected chi connectivity index (χ1v) is 4.08. The number of nitrogen functional groups attached to an aromatic ring is 1. The lowest BCUT2D eigenvalue weighted by Gasteiger charge is -2.11. The van der Waals surface area contributed by atoms with Gasteiger partial charge in [0.1, 0.15) is 12.4 Å². The largest absolute Gasteiger partial charge is 0.480 e. The molecule has 0 fully saturated rings. The highest BCUT2D eigenvalue weighted by Crippen LogP contribution is 2.27. The molecule has 2 N–H and O–H groups in total. The second-order valence-electron chi connectivity index (χ2n) is 2.92. The van der Waals surface area contributed by atoms with Crippen molar-refractivity contribution >= 4 is 5.69 Å². The third-order valence-corrected chi connectivity index (χ3v) is 1.94. The Hall–Kier alpha value is -1.62. The van der Waals surface area contributed by atoms with E-state index < -0.39 is 0 Å². The Labute approximate surface area is 78.7 Å². The average molecular weight is 175 g/mol. The van der Waals surface area contributed by atoms with Crippen LogP contribution in [0, 0.1) is 26.2 Å². The van der Waals surface area contributed by atoms with Crippen molar-refractivity contribution in [3.63, 3.8) is 0 Å². The van der Waals surface area contributed by atoms with Crippen LogP contribution in [0.5, 0.6) is 5.75 Å². The van der Waals surface area contributed by atoms with Gasteiger partial charge in [-0.15, -0.1) is 6.42 Å². The molecule has 0 amide bonds. The summed E-state index contributed by atoms with van der Waals surface area (Å²) in [5.74, 6) is 3.23. The minimum atomic E-state index is 0.283. The van der Waals surface area contributed by atoms with Gasteiger partial charge < -0.3 is 10.5 Å². The summed E-state index contributed by atoms with van der Waals surface area (Å²) in [5.41, 5.74) is 8.47. The number of benzene rings is 1. The van der Waals surface area contributed by atoms with Crippen LogP contribution in [0.4, 0.5) is 5.69 Å². The number of ether oxygens (including phenoxy) is 1. The van der Waals surface area contributed by atoms with Crippen molar-refractivity contribution in [2.45, 2.75) is 13.8 Å². The topological polar surface area (TPSA) is 35.2 Å². The Morgan fingerprint density at radius 3 is 2.77 bits per heavy atom. The highest BCUT2D eigenvalue weighted by atomic mass is 16.5. The summed E-state index contributed by atoms with van der Waals surface area (Å²) in [5, 5.41) is 0. The molecular weight excluding hydrogens is 162 g/mol. The van der Waals surface area contributed by atoms with Gasteiger partial charge >= 0.3 is 0 Å². The minimum absolute atomic E-state index is 0.283. The van der Waals surface area contributed by atoms with Crippen molar-refractivity contribution in [3.05, 3.63) is 23.3 Å². The van der Waals surface area contributed by atoms with Gasteiger partial charge in [-0.25, -0.2) is 0 Å². The Balaban J connectivity index is 3.04. The number of terminal acetylenes is 1. The van der Waals surface area contributed by atoms with Gasteiger partial charge in [0, 0.05) is 11.3 Å². The molecule has 0 aliphatic carbocycles. The SMILES string of the molecule is C#CCOc1c(C)ccc(N)c1C. The standard InChI is InChI=1S/C11H13NO/c1-4-7-13-11-8(2)5-6-10(12)9(11)3/h1,5-6H,7,12H2,2-3H3. The van der Waals surface area contributed by atoms with E-state index in [2.05, 4.69) is 5.92 Å². The van der Waals surface area contributed by atoms with Gasteiger partial charge in [0.2, 0.25) is 0 Å². The fourth-order valence-electron chi connectivity index (χ4n) is 1.18. The fourth-order valence-corrected chi connectivity index (χ4v) is 1.18. The van der Waals surface area contributed by atoms with Gasteiger partial charge in [0.25, 0.3) is 0 Å². The molecule has 0 saturated heterocycles. The van der Waals surface area contributed by atoms with E-state index in [1.807, 2.05) is 26.0 Å². The fraction of sp³-hybridized carbons (Fsp3) is 0.273. The van der Waals surface area contributed by atoms with E-state index in [9.17, 15) is 0 Å². The van der Waals surface area contributed by atoms with E-state index in [-0.39, 0.29) is 6.61 Å². The summed E-state index contributed by atoms with van der Waals surface area (Å²) < 4.78 is 5.38. The van der Waals surface area contributed by atoms with Crippen molar-refractivity contribution in [1.82, 2.24) is 0 Å². The van der Waals surface area contributed by atoms with E-state index in [1.54, 1.807) is 0 Å². The third-order valence-electron chi connectivity index (χ3n) is 1.94. The summed E-state index contributed by atoms with van der Waals surface area (Å²) in [6, 6.07) is 3.79. The van der Waals surface area contributed by atoms with Crippen LogP contribution >= 0.6 is 0 Å². The second kappa shape index (κ2) is 3.86. The molecule has 0 saturated carbocycles. The first-order valence-electron chi connectivity index (χ1n) is 4.08. The van der Waals surface area contributed by atoms with Crippen molar-refractivity contribution in [1.29, 1.82) is 0 Å². The summed E-state index contributed by atoms with van der Waals surface area (Å²) >= 11 is 0. The van der Waals surface area contributed by atoms with E-state index in [1.165, 1.54) is 0 Å². The first-order chi connectivity index (χ1) is 6.16. The zero-order chi connectivity index (χ0) is 9.84. The van der Waals surface area contributed by atoms with Crippen molar-refractivity contribution < 1.29 is 4.74 Å². The molecule has 0 aromatic heterocycles. The highest BCUT2D eigenvalue weighted by molar-refractivity contribution is 5.56. The normalized spacial score (nSPS) is 9.31. The molecule has 0 bridgehead atoms. The number of hydrogen-bond acceptors (Lipinski definition) is 2. The minimum Gasteiger partial charge on any atom is -0.480 e. The number of hydrogen-bond donors (Lipinski definition) is 1. The Morgan fingerprint density at radius 2 is 2.15 bits per heavy atom. The molecule has 13 heavy (non-hydrogen) atoms. The molecule has 0 aliphatic heterocycles. The van der Waals surface area contributed by atoms with E-state index >= 15 is 0 Å². The predicted molar refractivity (Wildman–Crippen MR) is 54.7 cm³/mol. The van der Waals surface area contributed by atoms with Crippen LogP contribution in [0.1, 0.15) is 11.1 Å². The number of anilines is 1. The lowest BCUT2D eigenvalue weighted by Crippen LogP contribution is -2.00. The van der Waals surface area contributed by atoms with Gasteiger partial charge in [-0.2, -0.15) is 0 Å². The molecule has 0 heterocycles. The van der Waals surface area contributed by atoms with Gasteiger partial charge in [-0.1, -0.05) is 12.0 Å². The Morgan fingerprint density at radius 1 is 1.46 bits per heavy atom. The van der Waals surface area contributed by atoms with Crippen LogP contribution in [0.15, 0.2) is 12.1 Å². The van der Waals surface area contributed by atoms with Crippen LogP contribution in [0.3, 0.4) is 0 Å². The first kappa shape index (κ1) is 9.47. The van der Waals surface area contributed by atoms with Gasteiger partial charge in [-0.05, 0) is 25.5 Å². The van der Waals surface area contributed by atoms with Crippen molar-refractivity contribution in [2.75, 3.05) is 12.3 Å². The summed E-state index contributed by atoms with van der Waals surface area (Å²) in [6.07, 6.45) is 5.11. The molecule has 0 aliphatic rings. The molecule has 0 atom stereocenters. The number of nitrogens with two attached hydrogens (primary N) is 1. The molecule has 68 valence electrons. The summed E-state index contributed by atoms with van der Waals surface area (Å²) in [6.45, 7) is 4.18. The second-order valence-corrected chi connectivity index (χ2v) is 2.92. The quantitative estimate of drug-likeness (QED) is 0.550.